The first kappa shape index (κ1) is 9.43. The quantitative estimate of drug-likeness (QED) is 0.838. The van der Waals surface area contributed by atoms with Gasteiger partial charge >= 0.3 is 0 Å². The highest BCUT2D eigenvalue weighted by molar-refractivity contribution is 7.13. The minimum Gasteiger partial charge on any atom is -0.440 e. The number of hydrogen-bond donors (Lipinski definition) is 1. The number of hydrogen-bond acceptors (Lipinski definition) is 4. The maximum Gasteiger partial charge on any atom is 0.194 e. The molecule has 4 heteroatoms. The van der Waals surface area contributed by atoms with Crippen LogP contribution in [0.25, 0.3) is 10.6 Å². The first-order chi connectivity index (χ1) is 6.90. The van der Waals surface area contributed by atoms with E-state index in [9.17, 15) is 0 Å². The molecule has 2 rings (SSSR count). The number of nitrogens with two attached hydrogens (primary N) is 1. The van der Waals surface area contributed by atoms with Gasteiger partial charge in [0.05, 0.1) is 11.1 Å². The second-order valence-electron chi connectivity index (χ2n) is 2.99. The molecule has 2 aromatic rings. The molecule has 3 nitrogen and oxygen atoms in total. The van der Waals surface area contributed by atoms with Crippen LogP contribution in [-0.2, 0) is 6.42 Å². The van der Waals surface area contributed by atoms with Gasteiger partial charge in [-0.1, -0.05) is 6.07 Å². The van der Waals surface area contributed by atoms with E-state index in [2.05, 4.69) is 4.98 Å². The van der Waals surface area contributed by atoms with E-state index in [0.29, 0.717) is 6.54 Å². The van der Waals surface area contributed by atoms with E-state index in [1.807, 2.05) is 17.5 Å². The summed E-state index contributed by atoms with van der Waals surface area (Å²) in [5.74, 6) is 1.63. The molecule has 2 N–H and O–H groups in total. The Morgan fingerprint density at radius 3 is 3.14 bits per heavy atom. The lowest BCUT2D eigenvalue weighted by molar-refractivity contribution is 0.500. The summed E-state index contributed by atoms with van der Waals surface area (Å²) in [7, 11) is 0. The average molecular weight is 208 g/mol. The largest absolute Gasteiger partial charge is 0.440 e. The van der Waals surface area contributed by atoms with Crippen LogP contribution in [0.5, 0.6) is 0 Å². The maximum atomic E-state index is 5.57. The summed E-state index contributed by atoms with van der Waals surface area (Å²) >= 11 is 1.65. The van der Waals surface area contributed by atoms with Crippen molar-refractivity contribution in [3.63, 3.8) is 0 Å². The molecule has 0 aliphatic carbocycles. The third kappa shape index (κ3) is 2.02. The molecule has 0 aliphatic heterocycles. The molecule has 0 saturated carbocycles. The van der Waals surface area contributed by atoms with Gasteiger partial charge in [-0.15, -0.1) is 11.3 Å². The van der Waals surface area contributed by atoms with E-state index < -0.39 is 0 Å². The standard InChI is InChI=1S/C10H12N2OS/c11-5-1-4-10-12-7-8(13-10)9-3-2-6-14-9/h2-3,6-7H,1,4-5,11H2. The molecule has 0 saturated heterocycles. The molecule has 2 heterocycles. The van der Waals surface area contributed by atoms with E-state index >= 15 is 0 Å². The highest BCUT2D eigenvalue weighted by Crippen LogP contribution is 2.25. The van der Waals surface area contributed by atoms with Crippen LogP contribution in [0.2, 0.25) is 0 Å². The van der Waals surface area contributed by atoms with Gasteiger partial charge in [-0.3, -0.25) is 0 Å². The van der Waals surface area contributed by atoms with Crippen LogP contribution >= 0.6 is 11.3 Å². The molecule has 0 amide bonds. The first-order valence-corrected chi connectivity index (χ1v) is 5.47. The van der Waals surface area contributed by atoms with E-state index in [1.54, 1.807) is 17.5 Å². The smallest absolute Gasteiger partial charge is 0.194 e. The van der Waals surface area contributed by atoms with Crippen LogP contribution in [0.15, 0.2) is 28.1 Å². The predicted molar refractivity (Wildman–Crippen MR) is 57.2 cm³/mol. The van der Waals surface area contributed by atoms with Gasteiger partial charge in [0.25, 0.3) is 0 Å². The minimum atomic E-state index is 0.677. The molecule has 0 unspecified atom stereocenters. The van der Waals surface area contributed by atoms with Crippen LogP contribution in [0.1, 0.15) is 12.3 Å². The molecule has 14 heavy (non-hydrogen) atoms. The van der Waals surface area contributed by atoms with Gasteiger partial charge in [-0.05, 0) is 24.4 Å². The lowest BCUT2D eigenvalue weighted by Crippen LogP contribution is -2.00. The van der Waals surface area contributed by atoms with Gasteiger partial charge in [-0.25, -0.2) is 4.98 Å². The van der Waals surface area contributed by atoms with E-state index in [1.165, 1.54) is 0 Å². The first-order valence-electron chi connectivity index (χ1n) is 4.59. The summed E-state index contributed by atoms with van der Waals surface area (Å²) in [5, 5.41) is 2.03. The summed E-state index contributed by atoms with van der Waals surface area (Å²) in [6.45, 7) is 0.677. The number of thiophene rings is 1. The molecule has 0 radical (unpaired) electrons. The van der Waals surface area contributed by atoms with E-state index in [-0.39, 0.29) is 0 Å². The van der Waals surface area contributed by atoms with Crippen LogP contribution in [0.4, 0.5) is 0 Å². The Morgan fingerprint density at radius 1 is 1.50 bits per heavy atom. The lowest BCUT2D eigenvalue weighted by Gasteiger charge is -1.91. The summed E-state index contributed by atoms with van der Waals surface area (Å²) in [6, 6.07) is 4.03. The molecule has 0 atom stereocenters. The van der Waals surface area contributed by atoms with Crippen molar-refractivity contribution < 1.29 is 4.42 Å². The Labute approximate surface area is 86.6 Å². The van der Waals surface area contributed by atoms with Gasteiger partial charge in [0, 0.05) is 6.42 Å². The SMILES string of the molecule is NCCCc1ncc(-c2cccs2)o1. The zero-order chi connectivity index (χ0) is 9.80. The Bertz CT molecular complexity index is 380. The Kier molecular flexibility index (Phi) is 2.96. The van der Waals surface area contributed by atoms with Crippen LogP contribution in [-0.4, -0.2) is 11.5 Å². The molecule has 0 aromatic carbocycles. The molecule has 0 spiro atoms. The van der Waals surface area contributed by atoms with Crippen LogP contribution < -0.4 is 5.73 Å². The molecule has 0 aliphatic rings. The monoisotopic (exact) mass is 208 g/mol. The van der Waals surface area contributed by atoms with Crippen molar-refractivity contribution in [3.8, 4) is 10.6 Å². The normalized spacial score (nSPS) is 10.6. The molecular formula is C10H12N2OS. The summed E-state index contributed by atoms with van der Waals surface area (Å²) in [6.07, 6.45) is 3.52. The zero-order valence-corrected chi connectivity index (χ0v) is 8.59. The van der Waals surface area contributed by atoms with Crippen LogP contribution in [0, 0.1) is 0 Å². The summed E-state index contributed by atoms with van der Waals surface area (Å²) in [5.41, 5.74) is 5.41. The van der Waals surface area contributed by atoms with Crippen molar-refractivity contribution in [1.29, 1.82) is 0 Å². The summed E-state index contributed by atoms with van der Waals surface area (Å²) in [4.78, 5) is 5.32. The van der Waals surface area contributed by atoms with Gasteiger partial charge in [0.1, 0.15) is 0 Å². The van der Waals surface area contributed by atoms with Crippen molar-refractivity contribution in [3.05, 3.63) is 29.6 Å². The lowest BCUT2D eigenvalue weighted by atomic mass is 10.3. The molecule has 2 aromatic heterocycles. The number of oxazole rings is 1. The summed E-state index contributed by atoms with van der Waals surface area (Å²) < 4.78 is 5.57. The fourth-order valence-corrected chi connectivity index (χ4v) is 1.88. The van der Waals surface area contributed by atoms with Crippen molar-refractivity contribution in [2.75, 3.05) is 6.54 Å². The molecule has 74 valence electrons. The number of nitrogens with zero attached hydrogens (tertiary/aromatic N) is 1. The van der Waals surface area contributed by atoms with E-state index in [0.717, 1.165) is 29.4 Å². The zero-order valence-electron chi connectivity index (χ0n) is 7.77. The minimum absolute atomic E-state index is 0.677. The second-order valence-corrected chi connectivity index (χ2v) is 3.94. The third-order valence-corrected chi connectivity index (χ3v) is 2.80. The number of aromatic nitrogens is 1. The fraction of sp³-hybridized carbons (Fsp3) is 0.300. The van der Waals surface area contributed by atoms with Crippen LogP contribution in [0.3, 0.4) is 0 Å². The Balaban J connectivity index is 2.10. The Morgan fingerprint density at radius 2 is 2.43 bits per heavy atom. The van der Waals surface area contributed by atoms with Crippen molar-refractivity contribution in [2.45, 2.75) is 12.8 Å². The van der Waals surface area contributed by atoms with Crippen molar-refractivity contribution in [1.82, 2.24) is 4.98 Å². The predicted octanol–water partition coefficient (Wildman–Crippen LogP) is 2.29. The number of aryl methyl sites for hydroxylation is 1. The molecule has 0 fully saturated rings. The molecular weight excluding hydrogens is 196 g/mol. The van der Waals surface area contributed by atoms with Gasteiger partial charge < -0.3 is 10.2 Å². The second kappa shape index (κ2) is 4.39. The van der Waals surface area contributed by atoms with E-state index in [4.69, 9.17) is 10.2 Å². The highest BCUT2D eigenvalue weighted by atomic mass is 32.1. The van der Waals surface area contributed by atoms with Gasteiger partial charge in [0.15, 0.2) is 11.7 Å². The van der Waals surface area contributed by atoms with Crippen molar-refractivity contribution in [2.24, 2.45) is 5.73 Å². The van der Waals surface area contributed by atoms with Crippen molar-refractivity contribution >= 4 is 11.3 Å². The highest BCUT2D eigenvalue weighted by Gasteiger charge is 2.05. The van der Waals surface area contributed by atoms with Gasteiger partial charge in [-0.2, -0.15) is 0 Å². The maximum absolute atomic E-state index is 5.57. The fourth-order valence-electron chi connectivity index (χ4n) is 1.21. The topological polar surface area (TPSA) is 52.0 Å². The average Bonchev–Trinajstić information content (AvgIpc) is 2.85. The van der Waals surface area contributed by atoms with Gasteiger partial charge in [0.2, 0.25) is 0 Å². The Hall–Kier alpha value is -1.13. The number of rotatable bonds is 4. The third-order valence-electron chi connectivity index (χ3n) is 1.91. The molecule has 0 bridgehead atoms.